The number of benzene rings is 1. The summed E-state index contributed by atoms with van der Waals surface area (Å²) in [6.45, 7) is 2.33. The zero-order valence-electron chi connectivity index (χ0n) is 11.9. The first-order valence-corrected chi connectivity index (χ1v) is 8.21. The topological polar surface area (TPSA) is 29.5 Å². The van der Waals surface area contributed by atoms with Gasteiger partial charge in [0.1, 0.15) is 5.75 Å². The van der Waals surface area contributed by atoms with Crippen LogP contribution in [-0.2, 0) is 0 Å². The largest absolute Gasteiger partial charge is 0.493 e. The number of carbonyl (C=O) groups is 1. The van der Waals surface area contributed by atoms with E-state index in [0.29, 0.717) is 12.5 Å². The molecule has 0 spiro atoms. The van der Waals surface area contributed by atoms with E-state index in [-0.39, 0.29) is 5.91 Å². The maximum absolute atomic E-state index is 12.4. The SMILES string of the molecule is O=C(c1cccs1)N1CCCC(COc2ccccc2)C1. The molecule has 3 nitrogen and oxygen atoms in total. The molecule has 2 aromatic rings. The second-order valence-corrected chi connectivity index (χ2v) is 6.31. The smallest absolute Gasteiger partial charge is 0.263 e. The minimum atomic E-state index is 0.161. The zero-order valence-corrected chi connectivity index (χ0v) is 12.7. The van der Waals surface area contributed by atoms with Crippen molar-refractivity contribution < 1.29 is 9.53 Å². The van der Waals surface area contributed by atoms with E-state index < -0.39 is 0 Å². The number of likely N-dealkylation sites (tertiary alicyclic amines) is 1. The molecule has 1 aliphatic heterocycles. The Balaban J connectivity index is 1.55. The first-order valence-electron chi connectivity index (χ1n) is 7.33. The van der Waals surface area contributed by atoms with Gasteiger partial charge in [0.2, 0.25) is 0 Å². The molecule has 1 aliphatic rings. The highest BCUT2D eigenvalue weighted by Gasteiger charge is 2.25. The standard InChI is InChI=1S/C17H19NO2S/c19-17(16-9-5-11-21-16)18-10-4-6-14(12-18)13-20-15-7-2-1-3-8-15/h1-3,5,7-9,11,14H,4,6,10,12-13H2. The highest BCUT2D eigenvalue weighted by Crippen LogP contribution is 2.21. The summed E-state index contributed by atoms with van der Waals surface area (Å²) in [5, 5.41) is 1.95. The van der Waals surface area contributed by atoms with Crippen LogP contribution in [-0.4, -0.2) is 30.5 Å². The van der Waals surface area contributed by atoms with Crippen molar-refractivity contribution in [1.82, 2.24) is 4.90 Å². The van der Waals surface area contributed by atoms with Crippen LogP contribution in [0.1, 0.15) is 22.5 Å². The highest BCUT2D eigenvalue weighted by molar-refractivity contribution is 7.12. The molecule has 0 saturated carbocycles. The quantitative estimate of drug-likeness (QED) is 0.862. The van der Waals surface area contributed by atoms with Crippen molar-refractivity contribution in [3.05, 3.63) is 52.7 Å². The second kappa shape index (κ2) is 6.76. The van der Waals surface area contributed by atoms with Gasteiger partial charge in [-0.3, -0.25) is 4.79 Å². The molecule has 0 bridgehead atoms. The molecule has 1 atom stereocenters. The Kier molecular flexibility index (Phi) is 4.55. The third kappa shape index (κ3) is 3.64. The monoisotopic (exact) mass is 301 g/mol. The average Bonchev–Trinajstić information content (AvgIpc) is 3.08. The van der Waals surface area contributed by atoms with Gasteiger partial charge in [0.05, 0.1) is 11.5 Å². The van der Waals surface area contributed by atoms with Crippen LogP contribution in [0.3, 0.4) is 0 Å². The Morgan fingerprint density at radius 2 is 2.10 bits per heavy atom. The molecule has 0 aliphatic carbocycles. The molecule has 110 valence electrons. The van der Waals surface area contributed by atoms with Crippen LogP contribution in [0.25, 0.3) is 0 Å². The Morgan fingerprint density at radius 1 is 1.24 bits per heavy atom. The van der Waals surface area contributed by atoms with Gasteiger partial charge < -0.3 is 9.64 Å². The van der Waals surface area contributed by atoms with Gasteiger partial charge in [-0.15, -0.1) is 11.3 Å². The van der Waals surface area contributed by atoms with E-state index >= 15 is 0 Å². The lowest BCUT2D eigenvalue weighted by molar-refractivity contribution is 0.0638. The van der Waals surface area contributed by atoms with E-state index in [1.807, 2.05) is 52.7 Å². The lowest BCUT2D eigenvalue weighted by atomic mass is 9.99. The molecule has 3 rings (SSSR count). The summed E-state index contributed by atoms with van der Waals surface area (Å²) in [7, 11) is 0. The van der Waals surface area contributed by atoms with E-state index in [0.717, 1.165) is 36.6 Å². The fourth-order valence-electron chi connectivity index (χ4n) is 2.67. The number of hydrogen-bond donors (Lipinski definition) is 0. The van der Waals surface area contributed by atoms with Crippen molar-refractivity contribution in [1.29, 1.82) is 0 Å². The number of amides is 1. The van der Waals surface area contributed by atoms with Crippen LogP contribution in [0.4, 0.5) is 0 Å². The molecule has 1 aromatic carbocycles. The first kappa shape index (κ1) is 14.1. The molecule has 0 radical (unpaired) electrons. The van der Waals surface area contributed by atoms with E-state index in [2.05, 4.69) is 0 Å². The predicted molar refractivity (Wildman–Crippen MR) is 84.9 cm³/mol. The molecule has 1 amide bonds. The minimum absolute atomic E-state index is 0.161. The summed E-state index contributed by atoms with van der Waals surface area (Å²) in [5.74, 6) is 1.48. The van der Waals surface area contributed by atoms with Crippen LogP contribution in [0.5, 0.6) is 5.75 Å². The summed E-state index contributed by atoms with van der Waals surface area (Å²) in [6, 6.07) is 13.7. The van der Waals surface area contributed by atoms with E-state index in [1.165, 1.54) is 11.3 Å². The van der Waals surface area contributed by atoms with Crippen LogP contribution >= 0.6 is 11.3 Å². The number of hydrogen-bond acceptors (Lipinski definition) is 3. The maximum Gasteiger partial charge on any atom is 0.263 e. The molecule has 2 heterocycles. The third-order valence-corrected chi connectivity index (χ3v) is 4.62. The summed E-state index contributed by atoms with van der Waals surface area (Å²) in [4.78, 5) is 15.2. The van der Waals surface area contributed by atoms with Crippen molar-refractivity contribution >= 4 is 17.2 Å². The van der Waals surface area contributed by atoms with Gasteiger partial charge in [0.15, 0.2) is 0 Å². The lowest BCUT2D eigenvalue weighted by Crippen LogP contribution is -2.41. The van der Waals surface area contributed by atoms with Crippen molar-refractivity contribution in [2.75, 3.05) is 19.7 Å². The van der Waals surface area contributed by atoms with Crippen molar-refractivity contribution in [3.63, 3.8) is 0 Å². The summed E-state index contributed by atoms with van der Waals surface area (Å²) >= 11 is 1.51. The second-order valence-electron chi connectivity index (χ2n) is 5.36. The minimum Gasteiger partial charge on any atom is -0.493 e. The van der Waals surface area contributed by atoms with Gasteiger partial charge in [-0.05, 0) is 36.4 Å². The molecule has 1 fully saturated rings. The fraction of sp³-hybridized carbons (Fsp3) is 0.353. The number of piperidine rings is 1. The highest BCUT2D eigenvalue weighted by atomic mass is 32.1. The number of nitrogens with zero attached hydrogens (tertiary/aromatic N) is 1. The van der Waals surface area contributed by atoms with Crippen molar-refractivity contribution in [2.45, 2.75) is 12.8 Å². The Labute approximate surface area is 129 Å². The molecule has 21 heavy (non-hydrogen) atoms. The summed E-state index contributed by atoms with van der Waals surface area (Å²) < 4.78 is 5.83. The molecular weight excluding hydrogens is 282 g/mol. The van der Waals surface area contributed by atoms with Crippen LogP contribution in [0.2, 0.25) is 0 Å². The van der Waals surface area contributed by atoms with E-state index in [4.69, 9.17) is 4.74 Å². The zero-order chi connectivity index (χ0) is 14.5. The van der Waals surface area contributed by atoms with Gasteiger partial charge >= 0.3 is 0 Å². The molecule has 1 unspecified atom stereocenters. The van der Waals surface area contributed by atoms with E-state index in [1.54, 1.807) is 0 Å². The van der Waals surface area contributed by atoms with Gasteiger partial charge in [0, 0.05) is 19.0 Å². The summed E-state index contributed by atoms with van der Waals surface area (Å²) in [6.07, 6.45) is 2.18. The van der Waals surface area contributed by atoms with Gasteiger partial charge in [0.25, 0.3) is 5.91 Å². The Hall–Kier alpha value is -1.81. The number of carbonyl (C=O) groups excluding carboxylic acids is 1. The maximum atomic E-state index is 12.4. The third-order valence-electron chi connectivity index (χ3n) is 3.77. The molecule has 1 saturated heterocycles. The number of rotatable bonds is 4. The molecular formula is C17H19NO2S. The normalized spacial score (nSPS) is 18.5. The predicted octanol–water partition coefficient (Wildman–Crippen LogP) is 3.68. The van der Waals surface area contributed by atoms with Gasteiger partial charge in [-0.25, -0.2) is 0 Å². The average molecular weight is 301 g/mol. The van der Waals surface area contributed by atoms with Crippen molar-refractivity contribution in [2.24, 2.45) is 5.92 Å². The van der Waals surface area contributed by atoms with Crippen LogP contribution in [0, 0.1) is 5.92 Å². The van der Waals surface area contributed by atoms with Crippen molar-refractivity contribution in [3.8, 4) is 5.75 Å². The van der Waals surface area contributed by atoms with E-state index in [9.17, 15) is 4.79 Å². The summed E-state index contributed by atoms with van der Waals surface area (Å²) in [5.41, 5.74) is 0. The van der Waals surface area contributed by atoms with Crippen LogP contribution in [0.15, 0.2) is 47.8 Å². The van der Waals surface area contributed by atoms with Crippen LogP contribution < -0.4 is 4.74 Å². The number of para-hydroxylation sites is 1. The van der Waals surface area contributed by atoms with Gasteiger partial charge in [-0.1, -0.05) is 24.3 Å². The fourth-order valence-corrected chi connectivity index (χ4v) is 3.36. The molecule has 4 heteroatoms. The Morgan fingerprint density at radius 3 is 2.86 bits per heavy atom. The number of ether oxygens (including phenoxy) is 1. The van der Waals surface area contributed by atoms with Gasteiger partial charge in [-0.2, -0.15) is 0 Å². The molecule has 1 aromatic heterocycles. The lowest BCUT2D eigenvalue weighted by Gasteiger charge is -2.32. The Bertz CT molecular complexity index is 568. The first-order chi connectivity index (χ1) is 10.3. The molecule has 0 N–H and O–H groups in total. The number of thiophene rings is 1.